The molecule has 7 nitrogen and oxygen atoms in total. The zero-order valence-corrected chi connectivity index (χ0v) is 13.9. The van der Waals surface area contributed by atoms with E-state index in [0.717, 1.165) is 22.7 Å². The highest BCUT2D eigenvalue weighted by Gasteiger charge is 2.17. The first-order valence-corrected chi connectivity index (χ1v) is 7.85. The third kappa shape index (κ3) is 4.74. The van der Waals surface area contributed by atoms with Gasteiger partial charge in [0, 0.05) is 24.5 Å². The third-order valence-electron chi connectivity index (χ3n) is 3.34. The second kappa shape index (κ2) is 8.59. The molecule has 0 radical (unpaired) electrons. The maximum atomic E-state index is 5.95. The molecule has 1 aromatic rings. The average Bonchev–Trinajstić information content (AvgIpc) is 2.56. The van der Waals surface area contributed by atoms with Crippen molar-refractivity contribution in [3.05, 3.63) is 17.7 Å². The fourth-order valence-corrected chi connectivity index (χ4v) is 2.27. The number of rotatable bonds is 7. The van der Waals surface area contributed by atoms with Gasteiger partial charge in [0.05, 0.1) is 6.54 Å². The molecule has 7 heteroatoms. The van der Waals surface area contributed by atoms with E-state index >= 15 is 0 Å². The van der Waals surface area contributed by atoms with Gasteiger partial charge in [-0.15, -0.1) is 0 Å². The zero-order chi connectivity index (χ0) is 16.7. The van der Waals surface area contributed by atoms with Gasteiger partial charge in [-0.25, -0.2) is 4.99 Å². The van der Waals surface area contributed by atoms with E-state index in [1.54, 1.807) is 0 Å². The highest BCUT2D eigenvalue weighted by molar-refractivity contribution is 5.93. The van der Waals surface area contributed by atoms with Crippen molar-refractivity contribution in [1.82, 2.24) is 0 Å². The van der Waals surface area contributed by atoms with Gasteiger partial charge < -0.3 is 30.0 Å². The summed E-state index contributed by atoms with van der Waals surface area (Å²) < 4.78 is 22.1. The average molecular weight is 323 g/mol. The van der Waals surface area contributed by atoms with Crippen LogP contribution in [0.2, 0.25) is 0 Å². The molecule has 0 unspecified atom stereocenters. The Bertz CT molecular complexity index is 542. The number of guanidine groups is 1. The highest BCUT2D eigenvalue weighted by atomic mass is 16.7. The summed E-state index contributed by atoms with van der Waals surface area (Å²) in [4.78, 5) is 4.27. The van der Waals surface area contributed by atoms with E-state index < -0.39 is 0 Å². The lowest BCUT2D eigenvalue weighted by molar-refractivity contribution is -0.128. The Morgan fingerprint density at radius 1 is 1.26 bits per heavy atom. The lowest BCUT2D eigenvalue weighted by Crippen LogP contribution is -2.27. The molecule has 1 heterocycles. The summed E-state index contributed by atoms with van der Waals surface area (Å²) in [6.45, 7) is 8.36. The highest BCUT2D eigenvalue weighted by Crippen LogP contribution is 2.37. The molecule has 0 atom stereocenters. The van der Waals surface area contributed by atoms with Crippen LogP contribution >= 0.6 is 0 Å². The number of hydrogen-bond donors (Lipinski definition) is 2. The Hall–Kier alpha value is -1.99. The Morgan fingerprint density at radius 3 is 2.65 bits per heavy atom. The molecule has 0 bridgehead atoms. The summed E-state index contributed by atoms with van der Waals surface area (Å²) >= 11 is 0. The standard InChI is InChI=1S/C16H25N3O4/c1-4-20-14(21-5-2)10-18-16(17)19-12-6-7-13-15(11(12)3)23-9-8-22-13/h6-7,14H,4-5,8-10H2,1-3H3,(H3,17,18,19). The first kappa shape index (κ1) is 17.4. The molecule has 0 aromatic heterocycles. The van der Waals surface area contributed by atoms with Crippen molar-refractivity contribution < 1.29 is 18.9 Å². The van der Waals surface area contributed by atoms with Gasteiger partial charge in [0.25, 0.3) is 0 Å². The molecule has 0 spiro atoms. The van der Waals surface area contributed by atoms with Gasteiger partial charge in [-0.1, -0.05) is 0 Å². The molecule has 1 aliphatic rings. The van der Waals surface area contributed by atoms with Gasteiger partial charge in [0.15, 0.2) is 23.7 Å². The number of nitrogens with zero attached hydrogens (tertiary/aromatic N) is 1. The lowest BCUT2D eigenvalue weighted by Gasteiger charge is -2.22. The van der Waals surface area contributed by atoms with Gasteiger partial charge in [-0.2, -0.15) is 0 Å². The second-order valence-electron chi connectivity index (χ2n) is 4.95. The summed E-state index contributed by atoms with van der Waals surface area (Å²) in [5.41, 5.74) is 7.72. The SMILES string of the molecule is CCOC(CN=C(N)Nc1ccc2c(c1C)OCCO2)OCC. The Balaban J connectivity index is 2.02. The Labute approximate surface area is 136 Å². The molecule has 23 heavy (non-hydrogen) atoms. The smallest absolute Gasteiger partial charge is 0.193 e. The molecule has 0 saturated heterocycles. The minimum absolute atomic E-state index is 0.300. The number of hydrogen-bond acceptors (Lipinski definition) is 5. The summed E-state index contributed by atoms with van der Waals surface area (Å²) in [7, 11) is 0. The minimum Gasteiger partial charge on any atom is -0.486 e. The molecule has 128 valence electrons. The number of anilines is 1. The molecule has 3 N–H and O–H groups in total. The van der Waals surface area contributed by atoms with E-state index in [1.807, 2.05) is 32.9 Å². The number of ether oxygens (including phenoxy) is 4. The molecule has 1 aliphatic heterocycles. The summed E-state index contributed by atoms with van der Waals surface area (Å²) in [6.07, 6.45) is -0.383. The van der Waals surface area contributed by atoms with Crippen molar-refractivity contribution in [2.75, 3.05) is 38.3 Å². The van der Waals surface area contributed by atoms with Crippen molar-refractivity contribution in [2.45, 2.75) is 27.1 Å². The molecule has 0 saturated carbocycles. The number of fused-ring (bicyclic) bond motifs is 1. The van der Waals surface area contributed by atoms with Crippen LogP contribution in [0, 0.1) is 6.92 Å². The van der Waals surface area contributed by atoms with Crippen LogP contribution in [0.5, 0.6) is 11.5 Å². The molecule has 1 aromatic carbocycles. The van der Waals surface area contributed by atoms with Crippen LogP contribution in [0.1, 0.15) is 19.4 Å². The van der Waals surface area contributed by atoms with Crippen LogP contribution in [0.3, 0.4) is 0 Å². The fourth-order valence-electron chi connectivity index (χ4n) is 2.27. The van der Waals surface area contributed by atoms with Crippen molar-refractivity contribution >= 4 is 11.6 Å². The van der Waals surface area contributed by atoms with Crippen LogP contribution in [0.25, 0.3) is 0 Å². The van der Waals surface area contributed by atoms with E-state index in [9.17, 15) is 0 Å². The predicted octanol–water partition coefficient (Wildman–Crippen LogP) is 1.89. The first-order valence-electron chi connectivity index (χ1n) is 7.85. The minimum atomic E-state index is -0.383. The molecular weight excluding hydrogens is 298 g/mol. The summed E-state index contributed by atoms with van der Waals surface area (Å²) in [5.74, 6) is 1.80. The van der Waals surface area contributed by atoms with Crippen molar-refractivity contribution in [3.63, 3.8) is 0 Å². The largest absolute Gasteiger partial charge is 0.486 e. The molecular formula is C16H25N3O4. The van der Waals surface area contributed by atoms with E-state index in [0.29, 0.717) is 38.9 Å². The van der Waals surface area contributed by atoms with Gasteiger partial charge in [-0.3, -0.25) is 0 Å². The predicted molar refractivity (Wildman–Crippen MR) is 89.3 cm³/mol. The third-order valence-corrected chi connectivity index (χ3v) is 3.34. The maximum Gasteiger partial charge on any atom is 0.193 e. The number of benzene rings is 1. The maximum absolute atomic E-state index is 5.95. The van der Waals surface area contributed by atoms with Crippen molar-refractivity contribution in [2.24, 2.45) is 10.7 Å². The molecule has 2 rings (SSSR count). The van der Waals surface area contributed by atoms with Crippen molar-refractivity contribution in [1.29, 1.82) is 0 Å². The summed E-state index contributed by atoms with van der Waals surface area (Å²) in [5, 5.41) is 3.08. The molecule has 0 aliphatic carbocycles. The fraction of sp³-hybridized carbons (Fsp3) is 0.562. The molecule has 0 amide bonds. The first-order chi connectivity index (χ1) is 11.2. The zero-order valence-electron chi connectivity index (χ0n) is 13.9. The lowest BCUT2D eigenvalue weighted by atomic mass is 10.1. The summed E-state index contributed by atoms with van der Waals surface area (Å²) in [6, 6.07) is 3.76. The number of nitrogens with one attached hydrogen (secondary N) is 1. The quantitative estimate of drug-likeness (QED) is 0.453. The van der Waals surface area contributed by atoms with Crippen LogP contribution < -0.4 is 20.5 Å². The van der Waals surface area contributed by atoms with Crippen LogP contribution in [0.15, 0.2) is 17.1 Å². The van der Waals surface area contributed by atoms with Crippen LogP contribution in [-0.2, 0) is 9.47 Å². The van der Waals surface area contributed by atoms with E-state index in [4.69, 9.17) is 24.7 Å². The normalized spacial score (nSPS) is 14.2. The van der Waals surface area contributed by atoms with Gasteiger partial charge in [0.1, 0.15) is 13.2 Å². The van der Waals surface area contributed by atoms with Crippen LogP contribution in [0.4, 0.5) is 5.69 Å². The van der Waals surface area contributed by atoms with Crippen LogP contribution in [-0.4, -0.2) is 45.2 Å². The Kier molecular flexibility index (Phi) is 6.49. The van der Waals surface area contributed by atoms with Crippen molar-refractivity contribution in [3.8, 4) is 11.5 Å². The number of nitrogens with two attached hydrogens (primary N) is 1. The van der Waals surface area contributed by atoms with E-state index in [1.165, 1.54) is 0 Å². The van der Waals surface area contributed by atoms with E-state index in [2.05, 4.69) is 10.3 Å². The topological polar surface area (TPSA) is 87.3 Å². The monoisotopic (exact) mass is 323 g/mol. The van der Waals surface area contributed by atoms with E-state index in [-0.39, 0.29) is 6.29 Å². The van der Waals surface area contributed by atoms with Gasteiger partial charge >= 0.3 is 0 Å². The van der Waals surface area contributed by atoms with Gasteiger partial charge in [-0.05, 0) is 32.9 Å². The molecule has 0 fully saturated rings. The Morgan fingerprint density at radius 2 is 1.96 bits per heavy atom. The second-order valence-corrected chi connectivity index (χ2v) is 4.95. The number of aliphatic imine (C=N–C) groups is 1. The van der Waals surface area contributed by atoms with Gasteiger partial charge in [0.2, 0.25) is 0 Å².